The lowest BCUT2D eigenvalue weighted by atomic mass is 9.94. The van der Waals surface area contributed by atoms with Crippen LogP contribution in [0, 0.1) is 11.8 Å². The number of nitrogens with zero attached hydrogens (tertiary/aromatic N) is 3. The van der Waals surface area contributed by atoms with Crippen molar-refractivity contribution in [2.45, 2.75) is 52.0 Å². The fourth-order valence-corrected chi connectivity index (χ4v) is 3.92. The second kappa shape index (κ2) is 6.13. The summed E-state index contributed by atoms with van der Waals surface area (Å²) in [6.45, 7) is 4.56. The Morgan fingerprint density at radius 3 is 3.10 bits per heavy atom. The van der Waals surface area contributed by atoms with E-state index < -0.39 is 0 Å². The van der Waals surface area contributed by atoms with Gasteiger partial charge in [0.15, 0.2) is 0 Å². The molecular weight excluding hydrogens is 284 g/mol. The topological polar surface area (TPSA) is 59.3 Å². The van der Waals surface area contributed by atoms with E-state index in [-0.39, 0.29) is 5.56 Å². The molecule has 21 heavy (non-hydrogen) atoms. The van der Waals surface area contributed by atoms with E-state index in [1.165, 1.54) is 54.0 Å². The molecule has 2 aromatic heterocycles. The van der Waals surface area contributed by atoms with Crippen molar-refractivity contribution in [3.8, 4) is 0 Å². The minimum absolute atomic E-state index is 0.118. The lowest BCUT2D eigenvalue weighted by molar-refractivity contribution is 0.411. The molecule has 1 N–H and O–H groups in total. The first-order valence-electron chi connectivity index (χ1n) is 7.75. The number of nitrogens with one attached hydrogen (secondary N) is 1. The first-order valence-corrected chi connectivity index (χ1v) is 8.56. The van der Waals surface area contributed by atoms with E-state index in [0.29, 0.717) is 11.0 Å². The first-order chi connectivity index (χ1) is 10.1. The Balaban J connectivity index is 1.72. The van der Waals surface area contributed by atoms with Crippen LogP contribution in [0.2, 0.25) is 0 Å². The molecule has 1 fully saturated rings. The Bertz CT molecular complexity index is 663. The van der Waals surface area contributed by atoms with Gasteiger partial charge in [-0.25, -0.2) is 4.98 Å². The van der Waals surface area contributed by atoms with Gasteiger partial charge in [-0.15, -0.1) is 5.10 Å². The molecule has 0 spiro atoms. The molecule has 3 rings (SSSR count). The van der Waals surface area contributed by atoms with E-state index in [1.54, 1.807) is 6.20 Å². The minimum atomic E-state index is -0.118. The van der Waals surface area contributed by atoms with Crippen molar-refractivity contribution in [3.05, 3.63) is 22.6 Å². The summed E-state index contributed by atoms with van der Waals surface area (Å²) in [5, 5.41) is 8.71. The standard InChI is InChI=1S/C15H22N4OS/c1-10(2)6-7-11-4-3-5-12(11)17-14-18-19-13(20)8-9-16-15(19)21-14/h8-12H,3-7H2,1-2H3,(H,17,18)/t11-,12+/m0/s1. The normalized spacial score (nSPS) is 22.2. The number of hydrogen-bond donors (Lipinski definition) is 1. The molecule has 6 heteroatoms. The Morgan fingerprint density at radius 2 is 2.33 bits per heavy atom. The molecule has 0 aromatic carbocycles. The number of hydrogen-bond acceptors (Lipinski definition) is 5. The Hall–Kier alpha value is -1.43. The summed E-state index contributed by atoms with van der Waals surface area (Å²) in [4.78, 5) is 16.6. The molecule has 5 nitrogen and oxygen atoms in total. The summed E-state index contributed by atoms with van der Waals surface area (Å²) in [5.41, 5.74) is -0.118. The zero-order valence-corrected chi connectivity index (χ0v) is 13.4. The molecule has 1 saturated carbocycles. The van der Waals surface area contributed by atoms with Crippen molar-refractivity contribution in [2.75, 3.05) is 5.32 Å². The van der Waals surface area contributed by atoms with Gasteiger partial charge >= 0.3 is 0 Å². The highest BCUT2D eigenvalue weighted by Gasteiger charge is 2.27. The molecule has 0 amide bonds. The van der Waals surface area contributed by atoms with Crippen molar-refractivity contribution in [1.29, 1.82) is 0 Å². The molecule has 0 radical (unpaired) electrons. The van der Waals surface area contributed by atoms with Gasteiger partial charge in [0.1, 0.15) is 0 Å². The summed E-state index contributed by atoms with van der Waals surface area (Å²) in [6.07, 6.45) is 7.88. The van der Waals surface area contributed by atoms with Crippen LogP contribution in [0.25, 0.3) is 4.96 Å². The predicted molar refractivity (Wildman–Crippen MR) is 86.0 cm³/mol. The van der Waals surface area contributed by atoms with Crippen LogP contribution in [-0.2, 0) is 0 Å². The van der Waals surface area contributed by atoms with Crippen molar-refractivity contribution in [1.82, 2.24) is 14.6 Å². The van der Waals surface area contributed by atoms with E-state index >= 15 is 0 Å². The average molecular weight is 306 g/mol. The van der Waals surface area contributed by atoms with Crippen molar-refractivity contribution in [3.63, 3.8) is 0 Å². The average Bonchev–Trinajstić information content (AvgIpc) is 3.04. The van der Waals surface area contributed by atoms with Gasteiger partial charge in [-0.2, -0.15) is 4.52 Å². The van der Waals surface area contributed by atoms with Gasteiger partial charge < -0.3 is 5.32 Å². The van der Waals surface area contributed by atoms with Gasteiger partial charge in [-0.05, 0) is 31.1 Å². The van der Waals surface area contributed by atoms with Crippen LogP contribution in [0.3, 0.4) is 0 Å². The highest BCUT2D eigenvalue weighted by molar-refractivity contribution is 7.20. The summed E-state index contributed by atoms with van der Waals surface area (Å²) in [6, 6.07) is 1.93. The Morgan fingerprint density at radius 1 is 1.48 bits per heavy atom. The highest BCUT2D eigenvalue weighted by atomic mass is 32.1. The van der Waals surface area contributed by atoms with Crippen LogP contribution < -0.4 is 10.9 Å². The van der Waals surface area contributed by atoms with Crippen LogP contribution in [0.5, 0.6) is 0 Å². The molecular formula is C15H22N4OS. The van der Waals surface area contributed by atoms with Gasteiger partial charge in [0.25, 0.3) is 5.56 Å². The van der Waals surface area contributed by atoms with Crippen molar-refractivity contribution in [2.24, 2.45) is 11.8 Å². The summed E-state index contributed by atoms with van der Waals surface area (Å²) >= 11 is 1.45. The van der Waals surface area contributed by atoms with E-state index in [1.807, 2.05) is 0 Å². The van der Waals surface area contributed by atoms with Gasteiger partial charge in [-0.3, -0.25) is 4.79 Å². The third-order valence-corrected chi connectivity index (χ3v) is 5.11. The monoisotopic (exact) mass is 306 g/mol. The van der Waals surface area contributed by atoms with E-state index in [2.05, 4.69) is 29.2 Å². The van der Waals surface area contributed by atoms with E-state index in [9.17, 15) is 4.79 Å². The zero-order chi connectivity index (χ0) is 14.8. The van der Waals surface area contributed by atoms with Gasteiger partial charge in [0, 0.05) is 18.3 Å². The molecule has 0 bridgehead atoms. The first kappa shape index (κ1) is 14.5. The molecule has 1 aliphatic carbocycles. The molecule has 0 saturated heterocycles. The summed E-state index contributed by atoms with van der Waals surface area (Å²) in [7, 11) is 0. The minimum Gasteiger partial charge on any atom is -0.357 e. The molecule has 2 aromatic rings. The van der Waals surface area contributed by atoms with Gasteiger partial charge in [0.05, 0.1) is 0 Å². The fraction of sp³-hybridized carbons (Fsp3) is 0.667. The fourth-order valence-electron chi connectivity index (χ4n) is 3.08. The van der Waals surface area contributed by atoms with Crippen LogP contribution in [0.1, 0.15) is 46.0 Å². The SMILES string of the molecule is CC(C)CC[C@@H]1CCC[C@H]1Nc1nn2c(=O)ccnc2s1. The number of rotatable bonds is 5. The number of fused-ring (bicyclic) bond motifs is 1. The maximum atomic E-state index is 11.7. The molecule has 114 valence electrons. The van der Waals surface area contributed by atoms with Gasteiger partial charge in [0.2, 0.25) is 10.1 Å². The quantitative estimate of drug-likeness (QED) is 0.922. The third kappa shape index (κ3) is 3.26. The van der Waals surface area contributed by atoms with Gasteiger partial charge in [-0.1, -0.05) is 38.0 Å². The largest absolute Gasteiger partial charge is 0.357 e. The summed E-state index contributed by atoms with van der Waals surface area (Å²) in [5.74, 6) is 1.49. The van der Waals surface area contributed by atoms with Crippen LogP contribution in [-0.4, -0.2) is 20.6 Å². The lowest BCUT2D eigenvalue weighted by Gasteiger charge is -2.21. The second-order valence-corrected chi connectivity index (χ2v) is 7.25. The highest BCUT2D eigenvalue weighted by Crippen LogP contribution is 2.33. The van der Waals surface area contributed by atoms with Crippen LogP contribution >= 0.6 is 11.3 Å². The van der Waals surface area contributed by atoms with Crippen LogP contribution in [0.4, 0.5) is 5.13 Å². The zero-order valence-electron chi connectivity index (χ0n) is 12.6. The second-order valence-electron chi connectivity index (χ2n) is 6.30. The molecule has 2 heterocycles. The van der Waals surface area contributed by atoms with Crippen molar-refractivity contribution < 1.29 is 0 Å². The van der Waals surface area contributed by atoms with Crippen molar-refractivity contribution >= 4 is 21.4 Å². The molecule has 0 aliphatic heterocycles. The van der Waals surface area contributed by atoms with Crippen LogP contribution in [0.15, 0.2) is 17.1 Å². The van der Waals surface area contributed by atoms with E-state index in [0.717, 1.165) is 17.0 Å². The number of anilines is 1. The Labute approximate surface area is 128 Å². The molecule has 1 aliphatic rings. The van der Waals surface area contributed by atoms with E-state index in [4.69, 9.17) is 0 Å². The predicted octanol–water partition coefficient (Wildman–Crippen LogP) is 3.17. The smallest absolute Gasteiger partial charge is 0.275 e. The summed E-state index contributed by atoms with van der Waals surface area (Å²) < 4.78 is 1.38. The molecule has 0 unspecified atom stereocenters. The maximum Gasteiger partial charge on any atom is 0.275 e. The number of aromatic nitrogens is 3. The third-order valence-electron chi connectivity index (χ3n) is 4.25. The Kier molecular flexibility index (Phi) is 4.24. The molecule has 2 atom stereocenters. The maximum absolute atomic E-state index is 11.7. The lowest BCUT2D eigenvalue weighted by Crippen LogP contribution is -2.24.